The lowest BCUT2D eigenvalue weighted by molar-refractivity contribution is 0.242. The van der Waals surface area contributed by atoms with Crippen LogP contribution in [-0.2, 0) is 10.0 Å². The van der Waals surface area contributed by atoms with Crippen molar-refractivity contribution in [1.29, 1.82) is 0 Å². The molecule has 8 nitrogen and oxygen atoms in total. The fourth-order valence-corrected chi connectivity index (χ4v) is 3.20. The summed E-state index contributed by atoms with van der Waals surface area (Å²) in [5, 5.41) is 26.2. The molecule has 1 unspecified atom stereocenters. The number of sulfonamides is 1. The molecule has 2 aromatic carbocycles. The Morgan fingerprint density at radius 2 is 1.85 bits per heavy atom. The number of nitrogens with two attached hydrogens (primary N) is 1. The van der Waals surface area contributed by atoms with Crippen molar-refractivity contribution in [2.45, 2.75) is 18.0 Å². The van der Waals surface area contributed by atoms with Crippen LogP contribution in [0.2, 0.25) is 10.0 Å². The number of hydrazone groups is 2. The molecule has 1 aliphatic heterocycles. The summed E-state index contributed by atoms with van der Waals surface area (Å²) in [7, 11) is -3.79. The topological polar surface area (TPSA) is 120 Å². The van der Waals surface area contributed by atoms with Crippen molar-refractivity contribution in [2.24, 2.45) is 15.3 Å². The second-order valence-electron chi connectivity index (χ2n) is 5.68. The molecule has 1 heterocycles. The summed E-state index contributed by atoms with van der Waals surface area (Å²) in [6.45, 7) is 1.69. The van der Waals surface area contributed by atoms with Crippen molar-refractivity contribution in [3.05, 3.63) is 52.5 Å². The van der Waals surface area contributed by atoms with Crippen LogP contribution < -0.4 is 15.6 Å². The molecule has 0 bridgehead atoms. The number of rotatable bonds is 4. The second kappa shape index (κ2) is 7.45. The highest BCUT2D eigenvalue weighted by atomic mass is 35.5. The van der Waals surface area contributed by atoms with Crippen LogP contribution in [0.25, 0.3) is 0 Å². The SMILES string of the molecule is CC1=NN(c2ccc(S(N)(=O)=O)cc2)C(O)/C1=N\Nc1ccc(Cl)c(Cl)c1. The van der Waals surface area contributed by atoms with Crippen LogP contribution in [0.15, 0.2) is 57.6 Å². The van der Waals surface area contributed by atoms with Gasteiger partial charge in [0.1, 0.15) is 5.71 Å². The van der Waals surface area contributed by atoms with Crippen LogP contribution in [0.4, 0.5) is 11.4 Å². The molecule has 2 aromatic rings. The van der Waals surface area contributed by atoms with E-state index in [1.807, 2.05) is 0 Å². The molecular weight excluding hydrogens is 413 g/mol. The molecule has 1 atom stereocenters. The van der Waals surface area contributed by atoms with Crippen LogP contribution in [0.5, 0.6) is 0 Å². The van der Waals surface area contributed by atoms with E-state index >= 15 is 0 Å². The summed E-state index contributed by atoms with van der Waals surface area (Å²) in [5.41, 5.74) is 4.66. The van der Waals surface area contributed by atoms with Crippen molar-refractivity contribution in [2.75, 3.05) is 10.4 Å². The van der Waals surface area contributed by atoms with E-state index in [0.29, 0.717) is 32.8 Å². The summed E-state index contributed by atoms with van der Waals surface area (Å²) in [5.74, 6) is 0. The average molecular weight is 428 g/mol. The van der Waals surface area contributed by atoms with E-state index in [4.69, 9.17) is 28.3 Å². The number of halogens is 2. The van der Waals surface area contributed by atoms with Crippen molar-refractivity contribution in [3.8, 4) is 0 Å². The Bertz CT molecular complexity index is 1040. The number of anilines is 2. The minimum atomic E-state index is -3.79. The Hall–Kier alpha value is -2.17. The van der Waals surface area contributed by atoms with Crippen molar-refractivity contribution < 1.29 is 13.5 Å². The quantitative estimate of drug-likeness (QED) is 0.647. The Morgan fingerprint density at radius 1 is 1.19 bits per heavy atom. The van der Waals surface area contributed by atoms with Gasteiger partial charge in [0.25, 0.3) is 0 Å². The molecule has 0 spiro atoms. The number of hydrogen-bond donors (Lipinski definition) is 3. The van der Waals surface area contributed by atoms with Crippen LogP contribution in [0, 0.1) is 0 Å². The van der Waals surface area contributed by atoms with Crippen LogP contribution in [-0.4, -0.2) is 31.2 Å². The standard InChI is InChI=1S/C16H15Cl2N5O3S/c1-9-15(21-20-10-2-7-13(17)14(18)8-10)16(24)23(22-9)11-3-5-12(6-4-11)27(19,25)26/h2-8,16,20,24H,1H3,(H2,19,25,26)/b21-15-. The van der Waals surface area contributed by atoms with Gasteiger partial charge in [0, 0.05) is 0 Å². The minimum absolute atomic E-state index is 0.0317. The lowest BCUT2D eigenvalue weighted by Crippen LogP contribution is -2.33. The predicted molar refractivity (Wildman–Crippen MR) is 107 cm³/mol. The zero-order chi connectivity index (χ0) is 19.8. The van der Waals surface area contributed by atoms with Gasteiger partial charge in [-0.25, -0.2) is 18.6 Å². The fourth-order valence-electron chi connectivity index (χ4n) is 2.39. The highest BCUT2D eigenvalue weighted by Crippen LogP contribution is 2.26. The van der Waals surface area contributed by atoms with Crippen LogP contribution >= 0.6 is 23.2 Å². The van der Waals surface area contributed by atoms with E-state index in [1.54, 1.807) is 25.1 Å². The molecule has 142 valence electrons. The number of hydrogen-bond acceptors (Lipinski definition) is 7. The third kappa shape index (κ3) is 4.23. The molecule has 27 heavy (non-hydrogen) atoms. The smallest absolute Gasteiger partial charge is 0.238 e. The first-order valence-corrected chi connectivity index (χ1v) is 9.91. The number of primary sulfonamides is 1. The number of nitrogens with zero attached hydrogens (tertiary/aromatic N) is 3. The van der Waals surface area contributed by atoms with Gasteiger partial charge in [-0.3, -0.25) is 5.43 Å². The van der Waals surface area contributed by atoms with Gasteiger partial charge in [-0.05, 0) is 49.4 Å². The molecule has 3 rings (SSSR count). The van der Waals surface area contributed by atoms with Gasteiger partial charge >= 0.3 is 0 Å². The first kappa shape index (κ1) is 19.6. The van der Waals surface area contributed by atoms with Gasteiger partial charge < -0.3 is 5.11 Å². The molecule has 4 N–H and O–H groups in total. The number of benzene rings is 2. The maximum Gasteiger partial charge on any atom is 0.238 e. The molecule has 0 amide bonds. The highest BCUT2D eigenvalue weighted by molar-refractivity contribution is 7.89. The molecule has 11 heteroatoms. The van der Waals surface area contributed by atoms with E-state index in [-0.39, 0.29) is 4.90 Å². The summed E-state index contributed by atoms with van der Waals surface area (Å²) < 4.78 is 22.7. The maximum absolute atomic E-state index is 11.3. The first-order valence-electron chi connectivity index (χ1n) is 7.61. The Labute approximate surface area is 165 Å². The van der Waals surface area contributed by atoms with E-state index in [1.165, 1.54) is 29.3 Å². The van der Waals surface area contributed by atoms with Gasteiger partial charge in [-0.15, -0.1) is 0 Å². The lowest BCUT2D eigenvalue weighted by atomic mass is 10.2. The predicted octanol–water partition coefficient (Wildman–Crippen LogP) is 2.62. The number of aliphatic hydroxyl groups is 1. The number of nitrogens with one attached hydrogen (secondary N) is 1. The average Bonchev–Trinajstić information content (AvgIpc) is 2.89. The molecule has 0 aromatic heterocycles. The molecule has 0 saturated heterocycles. The van der Waals surface area contributed by atoms with E-state index < -0.39 is 16.3 Å². The zero-order valence-corrected chi connectivity index (χ0v) is 16.3. The van der Waals surface area contributed by atoms with Crippen LogP contribution in [0.3, 0.4) is 0 Å². The first-order chi connectivity index (χ1) is 12.7. The zero-order valence-electron chi connectivity index (χ0n) is 14.0. The Balaban J connectivity index is 1.81. The second-order valence-corrected chi connectivity index (χ2v) is 8.06. The molecule has 0 aliphatic carbocycles. The summed E-state index contributed by atoms with van der Waals surface area (Å²) in [6.07, 6.45) is -1.15. The Morgan fingerprint density at radius 3 is 2.44 bits per heavy atom. The number of aliphatic hydroxyl groups excluding tert-OH is 1. The minimum Gasteiger partial charge on any atom is -0.366 e. The van der Waals surface area contributed by atoms with Crippen LogP contribution in [0.1, 0.15) is 6.92 Å². The van der Waals surface area contributed by atoms with Gasteiger partial charge in [-0.1, -0.05) is 23.2 Å². The van der Waals surface area contributed by atoms with Crippen molar-refractivity contribution >= 4 is 56.0 Å². The van der Waals surface area contributed by atoms with Crippen molar-refractivity contribution in [1.82, 2.24) is 0 Å². The molecule has 0 saturated carbocycles. The summed E-state index contributed by atoms with van der Waals surface area (Å²) in [6, 6.07) is 10.6. The van der Waals surface area contributed by atoms with E-state index in [0.717, 1.165) is 0 Å². The third-order valence-electron chi connectivity index (χ3n) is 3.76. The lowest BCUT2D eigenvalue weighted by Gasteiger charge is -2.19. The monoisotopic (exact) mass is 427 g/mol. The molecule has 0 fully saturated rings. The van der Waals surface area contributed by atoms with Gasteiger partial charge in [-0.2, -0.15) is 10.2 Å². The van der Waals surface area contributed by atoms with Crippen molar-refractivity contribution in [3.63, 3.8) is 0 Å². The fraction of sp³-hybridized carbons (Fsp3) is 0.125. The van der Waals surface area contributed by atoms with Gasteiger partial charge in [0.05, 0.1) is 32.0 Å². The third-order valence-corrected chi connectivity index (χ3v) is 5.43. The molecule has 1 aliphatic rings. The van der Waals surface area contributed by atoms with E-state index in [9.17, 15) is 13.5 Å². The highest BCUT2D eigenvalue weighted by Gasteiger charge is 2.31. The molecule has 0 radical (unpaired) electrons. The maximum atomic E-state index is 11.3. The normalized spacial score (nSPS) is 18.7. The van der Waals surface area contributed by atoms with Gasteiger partial charge in [0.2, 0.25) is 10.0 Å². The Kier molecular flexibility index (Phi) is 5.41. The largest absolute Gasteiger partial charge is 0.366 e. The van der Waals surface area contributed by atoms with E-state index in [2.05, 4.69) is 15.6 Å². The van der Waals surface area contributed by atoms with Gasteiger partial charge in [0.15, 0.2) is 6.23 Å². The summed E-state index contributed by atoms with van der Waals surface area (Å²) in [4.78, 5) is -0.0317. The molecular formula is C16H15Cl2N5O3S. The summed E-state index contributed by atoms with van der Waals surface area (Å²) >= 11 is 11.8.